The molecule has 0 aliphatic heterocycles. The molecule has 6 nitrogen and oxygen atoms in total. The Bertz CT molecular complexity index is 1050. The van der Waals surface area contributed by atoms with Crippen molar-refractivity contribution in [1.82, 2.24) is 9.97 Å². The van der Waals surface area contributed by atoms with E-state index in [1.165, 1.54) is 6.33 Å². The molecule has 0 unspecified atom stereocenters. The van der Waals surface area contributed by atoms with Crippen LogP contribution in [0.5, 0.6) is 17.4 Å². The van der Waals surface area contributed by atoms with Gasteiger partial charge in [-0.2, -0.15) is 0 Å². The Morgan fingerprint density at radius 3 is 2.64 bits per heavy atom. The van der Waals surface area contributed by atoms with Gasteiger partial charge in [0, 0.05) is 16.2 Å². The predicted molar refractivity (Wildman–Crippen MR) is 96.7 cm³/mol. The predicted octanol–water partition coefficient (Wildman–Crippen LogP) is 4.63. The maximum absolute atomic E-state index is 8.39. The Hall–Kier alpha value is -2.67. The fourth-order valence-corrected chi connectivity index (χ4v) is 4.51. The molecular weight excluding hydrogens is 336 g/mol. The number of hydrogen-bond donors (Lipinski definition) is 2. The van der Waals surface area contributed by atoms with Crippen LogP contribution in [0.3, 0.4) is 0 Å². The number of ether oxygens (including phenoxy) is 2. The van der Waals surface area contributed by atoms with Crippen molar-refractivity contribution in [2.75, 3.05) is 7.11 Å². The number of aromatic nitrogens is 2. The first-order valence-corrected chi connectivity index (χ1v) is 9.65. The summed E-state index contributed by atoms with van der Waals surface area (Å²) in [6, 6.07) is 12.8. The molecule has 0 radical (unpaired) electrons. The highest BCUT2D eigenvalue weighted by molar-refractivity contribution is 7.94. The Labute approximate surface area is 146 Å². The van der Waals surface area contributed by atoms with E-state index in [9.17, 15) is 0 Å². The highest BCUT2D eigenvalue weighted by Gasteiger charge is 2.30. The number of nitrogens with zero attached hydrogens (tertiary/aromatic N) is 2. The molecule has 1 saturated carbocycles. The second kappa shape index (κ2) is 6.00. The van der Waals surface area contributed by atoms with Gasteiger partial charge in [-0.15, -0.1) is 0 Å². The molecule has 0 amide bonds. The summed E-state index contributed by atoms with van der Waals surface area (Å²) in [5.41, 5.74) is 0.736. The van der Waals surface area contributed by atoms with Crippen LogP contribution in [-0.4, -0.2) is 22.3 Å². The van der Waals surface area contributed by atoms with Gasteiger partial charge in [0.1, 0.15) is 17.8 Å². The summed E-state index contributed by atoms with van der Waals surface area (Å²) in [5, 5.41) is 0.973. The lowest BCUT2D eigenvalue weighted by atomic mass is 10.2. The van der Waals surface area contributed by atoms with E-state index in [-0.39, 0.29) is 5.25 Å². The van der Waals surface area contributed by atoms with Crippen molar-refractivity contribution in [3.05, 3.63) is 48.8 Å². The van der Waals surface area contributed by atoms with Gasteiger partial charge in [-0.25, -0.2) is 9.97 Å². The maximum atomic E-state index is 8.39. The lowest BCUT2D eigenvalue weighted by Crippen LogP contribution is -2.03. The number of hydrogen-bond acceptors (Lipinski definition) is 6. The van der Waals surface area contributed by atoms with Crippen LogP contribution in [0.4, 0.5) is 0 Å². The highest BCUT2D eigenvalue weighted by Crippen LogP contribution is 2.36. The molecule has 25 heavy (non-hydrogen) atoms. The third kappa shape index (κ3) is 3.02. The molecule has 2 aromatic carbocycles. The van der Waals surface area contributed by atoms with Crippen LogP contribution in [0.1, 0.15) is 12.8 Å². The molecule has 1 heterocycles. The normalized spacial score (nSPS) is 14.4. The second-order valence-electron chi connectivity index (χ2n) is 6.00. The first-order valence-electron chi connectivity index (χ1n) is 7.96. The molecule has 1 aliphatic rings. The molecule has 0 atom stereocenters. The second-order valence-corrected chi connectivity index (χ2v) is 8.46. The summed E-state index contributed by atoms with van der Waals surface area (Å²) in [4.78, 5) is 9.22. The fourth-order valence-electron chi connectivity index (χ4n) is 2.68. The quantitative estimate of drug-likeness (QED) is 0.698. The summed E-state index contributed by atoms with van der Waals surface area (Å²) in [7, 11) is -0.649. The Morgan fingerprint density at radius 2 is 1.88 bits per heavy atom. The molecule has 1 aromatic heterocycles. The molecule has 1 fully saturated rings. The molecule has 2 N–H and O–H groups in total. The highest BCUT2D eigenvalue weighted by atomic mass is 32.2. The van der Waals surface area contributed by atoms with E-state index in [0.29, 0.717) is 11.6 Å². The van der Waals surface area contributed by atoms with E-state index in [1.54, 1.807) is 13.2 Å². The Balaban J connectivity index is 1.70. The van der Waals surface area contributed by atoms with Gasteiger partial charge in [-0.05, 0) is 52.8 Å². The average Bonchev–Trinajstić information content (AvgIpc) is 3.47. The molecular formula is C18H18N4O2S. The third-order valence-electron chi connectivity index (χ3n) is 4.22. The number of methoxy groups -OCH3 is 1. The van der Waals surface area contributed by atoms with Crippen molar-refractivity contribution in [2.45, 2.75) is 23.0 Å². The molecule has 7 heteroatoms. The third-order valence-corrected chi connectivity index (χ3v) is 6.69. The van der Waals surface area contributed by atoms with Crippen LogP contribution in [0.15, 0.2) is 53.7 Å². The summed E-state index contributed by atoms with van der Waals surface area (Å²) in [5.74, 6) is 1.76. The van der Waals surface area contributed by atoms with E-state index in [4.69, 9.17) is 19.0 Å². The van der Waals surface area contributed by atoms with Crippen LogP contribution in [0.2, 0.25) is 0 Å². The molecule has 128 valence electrons. The Kier molecular flexibility index (Phi) is 3.80. The first kappa shape index (κ1) is 15.8. The van der Waals surface area contributed by atoms with E-state index in [2.05, 4.69) is 9.97 Å². The van der Waals surface area contributed by atoms with Gasteiger partial charge in [0.15, 0.2) is 0 Å². The Morgan fingerprint density at radius 1 is 1.04 bits per heavy atom. The zero-order chi connectivity index (χ0) is 17.4. The van der Waals surface area contributed by atoms with E-state index in [1.807, 2.05) is 36.4 Å². The molecule has 0 saturated heterocycles. The lowest BCUT2D eigenvalue weighted by Gasteiger charge is -2.12. The van der Waals surface area contributed by atoms with E-state index < -0.39 is 9.62 Å². The number of rotatable bonds is 5. The summed E-state index contributed by atoms with van der Waals surface area (Å²) >= 11 is 0. The SMILES string of the molecule is COc1ccc2c(Oc3cccc(S(=N)(=N)C4CC4)c3)ncnc2c1. The number of fused-ring (bicyclic) bond motifs is 1. The minimum Gasteiger partial charge on any atom is -0.497 e. The zero-order valence-corrected chi connectivity index (χ0v) is 14.5. The summed E-state index contributed by atoms with van der Waals surface area (Å²) in [6.07, 6.45) is 3.41. The molecule has 3 aromatic rings. The number of benzene rings is 2. The topological polar surface area (TPSA) is 91.9 Å². The fraction of sp³-hybridized carbons (Fsp3) is 0.222. The summed E-state index contributed by atoms with van der Waals surface area (Å²) in [6.45, 7) is 0. The maximum Gasteiger partial charge on any atom is 0.230 e. The molecule has 0 spiro atoms. The van der Waals surface area contributed by atoms with Gasteiger partial charge in [-0.1, -0.05) is 6.07 Å². The van der Waals surface area contributed by atoms with Crippen molar-refractivity contribution in [3.8, 4) is 17.4 Å². The largest absolute Gasteiger partial charge is 0.497 e. The average molecular weight is 354 g/mol. The number of nitrogens with one attached hydrogen (secondary N) is 2. The van der Waals surface area contributed by atoms with E-state index >= 15 is 0 Å². The van der Waals surface area contributed by atoms with Gasteiger partial charge in [-0.3, -0.25) is 9.56 Å². The van der Waals surface area contributed by atoms with Crippen molar-refractivity contribution in [2.24, 2.45) is 0 Å². The van der Waals surface area contributed by atoms with Gasteiger partial charge < -0.3 is 9.47 Å². The molecule has 4 rings (SSSR count). The van der Waals surface area contributed by atoms with Crippen LogP contribution >= 0.6 is 0 Å². The van der Waals surface area contributed by atoms with Gasteiger partial charge in [0.2, 0.25) is 5.88 Å². The van der Waals surface area contributed by atoms with Crippen LogP contribution < -0.4 is 9.47 Å². The van der Waals surface area contributed by atoms with Crippen molar-refractivity contribution in [3.63, 3.8) is 0 Å². The zero-order valence-electron chi connectivity index (χ0n) is 13.7. The van der Waals surface area contributed by atoms with Crippen molar-refractivity contribution < 1.29 is 9.47 Å². The van der Waals surface area contributed by atoms with Crippen molar-refractivity contribution >= 4 is 20.5 Å². The smallest absolute Gasteiger partial charge is 0.230 e. The first-order chi connectivity index (χ1) is 12.1. The summed E-state index contributed by atoms with van der Waals surface area (Å²) < 4.78 is 28.0. The van der Waals surface area contributed by atoms with Crippen LogP contribution in [0, 0.1) is 9.56 Å². The lowest BCUT2D eigenvalue weighted by molar-refractivity contribution is 0.415. The minimum atomic E-state index is -2.26. The van der Waals surface area contributed by atoms with E-state index in [0.717, 1.165) is 34.4 Å². The molecule has 1 aliphatic carbocycles. The van der Waals surface area contributed by atoms with Gasteiger partial charge in [0.25, 0.3) is 0 Å². The van der Waals surface area contributed by atoms with Gasteiger partial charge in [0.05, 0.1) is 18.0 Å². The van der Waals surface area contributed by atoms with Gasteiger partial charge >= 0.3 is 0 Å². The van der Waals surface area contributed by atoms with Crippen molar-refractivity contribution in [1.29, 1.82) is 9.56 Å². The monoisotopic (exact) mass is 354 g/mol. The minimum absolute atomic E-state index is 0.190. The standard InChI is InChI=1S/C18H18N4O2S/c1-23-12-5-8-16-17(10-12)21-11-22-18(16)24-13-3-2-4-15(9-13)25(19,20)14-6-7-14/h2-5,8-11,14,19-20H,6-7H2,1H3. The molecule has 0 bridgehead atoms. The van der Waals surface area contributed by atoms with Crippen LogP contribution in [0.25, 0.3) is 10.9 Å². The van der Waals surface area contributed by atoms with Crippen LogP contribution in [-0.2, 0) is 9.62 Å².